The van der Waals surface area contributed by atoms with Crippen LogP contribution in [0.25, 0.3) is 11.3 Å². The van der Waals surface area contributed by atoms with Crippen LogP contribution in [-0.2, 0) is 15.7 Å². The van der Waals surface area contributed by atoms with Gasteiger partial charge in [0.2, 0.25) is 5.88 Å². The molecule has 1 N–H and O–H groups in total. The number of hydrogen-bond acceptors (Lipinski definition) is 4. The van der Waals surface area contributed by atoms with Crippen molar-refractivity contribution in [2.75, 3.05) is 5.32 Å². The molecule has 2 aromatic rings. The van der Waals surface area contributed by atoms with E-state index in [9.17, 15) is 13.2 Å². The van der Waals surface area contributed by atoms with E-state index in [0.717, 1.165) is 30.5 Å². The third-order valence-electron chi connectivity index (χ3n) is 4.44. The Kier molecular flexibility index (Phi) is 5.12. The fourth-order valence-electron chi connectivity index (χ4n) is 2.97. The lowest BCUT2D eigenvalue weighted by atomic mass is 10.0. The van der Waals surface area contributed by atoms with Gasteiger partial charge in [0.15, 0.2) is 12.0 Å². The molecule has 2 heterocycles. The first-order chi connectivity index (χ1) is 14.0. The maximum Gasteiger partial charge on any atom is 0.416 e. The highest BCUT2D eigenvalue weighted by Crippen LogP contribution is 2.31. The fraction of sp³-hybridized carbons (Fsp3) is 0.136. The van der Waals surface area contributed by atoms with E-state index >= 15 is 0 Å². The topological polar surface area (TPSA) is 43.4 Å². The Bertz CT molecular complexity index is 1020. The zero-order chi connectivity index (χ0) is 20.3. The second-order valence-corrected chi connectivity index (χ2v) is 6.49. The van der Waals surface area contributed by atoms with Crippen molar-refractivity contribution in [1.82, 2.24) is 4.98 Å². The number of rotatable bonds is 4. The minimum Gasteiger partial charge on any atom is -0.463 e. The molecule has 4 rings (SSSR count). The Balaban J connectivity index is 1.47. The van der Waals surface area contributed by atoms with Crippen LogP contribution in [0.5, 0.6) is 0 Å². The Labute approximate surface area is 165 Å². The highest BCUT2D eigenvalue weighted by Gasteiger charge is 2.30. The third kappa shape index (κ3) is 4.51. The van der Waals surface area contributed by atoms with Crippen LogP contribution in [0, 0.1) is 0 Å². The predicted molar refractivity (Wildman–Crippen MR) is 103 cm³/mol. The zero-order valence-electron chi connectivity index (χ0n) is 15.2. The zero-order valence-corrected chi connectivity index (χ0v) is 15.2. The summed E-state index contributed by atoms with van der Waals surface area (Å²) in [5.41, 5.74) is 2.14. The Morgan fingerprint density at radius 1 is 1.03 bits per heavy atom. The fourth-order valence-corrected chi connectivity index (χ4v) is 2.97. The predicted octanol–water partition coefficient (Wildman–Crippen LogP) is 6.14. The van der Waals surface area contributed by atoms with Crippen molar-refractivity contribution in [3.8, 4) is 11.3 Å². The third-order valence-corrected chi connectivity index (χ3v) is 4.44. The number of halogens is 3. The average Bonchev–Trinajstić information content (AvgIpc) is 2.74. The van der Waals surface area contributed by atoms with Crippen LogP contribution < -0.4 is 5.32 Å². The van der Waals surface area contributed by atoms with Crippen molar-refractivity contribution in [2.24, 2.45) is 0 Å². The second-order valence-electron chi connectivity index (χ2n) is 6.49. The number of nitrogens with zero attached hydrogens (tertiary/aromatic N) is 1. The number of allylic oxidation sites excluding steroid dienone is 4. The summed E-state index contributed by atoms with van der Waals surface area (Å²) in [6, 6.07) is 8.35. The van der Waals surface area contributed by atoms with E-state index in [1.807, 2.05) is 12.2 Å². The molecule has 1 aromatic carbocycles. The molecule has 0 bridgehead atoms. The summed E-state index contributed by atoms with van der Waals surface area (Å²) in [5.74, 6) is 1.04. The van der Waals surface area contributed by atoms with Crippen LogP contribution in [-0.4, -0.2) is 4.98 Å². The van der Waals surface area contributed by atoms with Gasteiger partial charge >= 0.3 is 6.18 Å². The van der Waals surface area contributed by atoms with Crippen LogP contribution in [0.4, 0.5) is 18.9 Å². The molecule has 0 saturated carbocycles. The van der Waals surface area contributed by atoms with Crippen LogP contribution in [0.15, 0.2) is 90.6 Å². The van der Waals surface area contributed by atoms with Crippen molar-refractivity contribution in [3.63, 3.8) is 0 Å². The largest absolute Gasteiger partial charge is 0.463 e. The molecular formula is C22H17F3N2O2. The summed E-state index contributed by atoms with van der Waals surface area (Å²) in [6.07, 6.45) is 8.07. The van der Waals surface area contributed by atoms with E-state index in [1.54, 1.807) is 24.6 Å². The van der Waals surface area contributed by atoms with Gasteiger partial charge in [-0.25, -0.2) is 0 Å². The van der Waals surface area contributed by atoms with Crippen molar-refractivity contribution in [2.45, 2.75) is 19.0 Å². The molecule has 0 spiro atoms. The molecule has 1 aliphatic heterocycles. The van der Waals surface area contributed by atoms with E-state index < -0.39 is 11.7 Å². The van der Waals surface area contributed by atoms with E-state index in [0.29, 0.717) is 28.6 Å². The Hall–Kier alpha value is -3.48. The molecule has 0 radical (unpaired) electrons. The molecule has 0 amide bonds. The van der Waals surface area contributed by atoms with Gasteiger partial charge < -0.3 is 14.8 Å². The van der Waals surface area contributed by atoms with Gasteiger partial charge in [-0.05, 0) is 42.7 Å². The van der Waals surface area contributed by atoms with Gasteiger partial charge in [-0.3, -0.25) is 4.98 Å². The van der Waals surface area contributed by atoms with Crippen molar-refractivity contribution in [1.29, 1.82) is 0 Å². The second kappa shape index (κ2) is 7.87. The maximum absolute atomic E-state index is 12.7. The minimum absolute atomic E-state index is 0.405. The number of nitrogens with one attached hydrogen (secondary N) is 1. The number of alkyl halides is 3. The molecule has 4 nitrogen and oxygen atoms in total. The van der Waals surface area contributed by atoms with Crippen LogP contribution in [0.1, 0.15) is 18.4 Å². The van der Waals surface area contributed by atoms with Crippen LogP contribution in [0.3, 0.4) is 0 Å². The van der Waals surface area contributed by atoms with Gasteiger partial charge in [-0.2, -0.15) is 13.2 Å². The summed E-state index contributed by atoms with van der Waals surface area (Å²) >= 11 is 0. The normalized spacial score (nSPS) is 16.2. The SMILES string of the molecule is FC(F)(F)c1ccc(-c2cc(NC3=COC=C(C4=CC=CCC4)O3)ccn2)cc1. The molecule has 0 fully saturated rings. The molecule has 7 heteroatoms. The standard InChI is InChI=1S/C22H17F3N2O2/c23-22(24,25)17-8-6-15(7-9-17)19-12-18(10-11-26-19)27-21-14-28-13-20(29-21)16-4-2-1-3-5-16/h1-2,4,6-14H,3,5H2,(H,26,27). The van der Waals surface area contributed by atoms with Crippen molar-refractivity contribution < 1.29 is 22.6 Å². The van der Waals surface area contributed by atoms with Crippen LogP contribution >= 0.6 is 0 Å². The quantitative estimate of drug-likeness (QED) is 0.672. The number of ether oxygens (including phenoxy) is 2. The molecular weight excluding hydrogens is 381 g/mol. The monoisotopic (exact) mass is 398 g/mol. The van der Waals surface area contributed by atoms with Gasteiger partial charge in [-0.1, -0.05) is 30.4 Å². The lowest BCUT2D eigenvalue weighted by Crippen LogP contribution is -2.10. The van der Waals surface area contributed by atoms with Gasteiger partial charge in [0, 0.05) is 17.4 Å². The lowest BCUT2D eigenvalue weighted by Gasteiger charge is -2.20. The lowest BCUT2D eigenvalue weighted by molar-refractivity contribution is -0.137. The molecule has 148 valence electrons. The summed E-state index contributed by atoms with van der Waals surface area (Å²) in [6.45, 7) is 0. The Morgan fingerprint density at radius 2 is 1.86 bits per heavy atom. The average molecular weight is 398 g/mol. The van der Waals surface area contributed by atoms with Gasteiger partial charge in [0.25, 0.3) is 0 Å². The summed E-state index contributed by atoms with van der Waals surface area (Å²) in [5, 5.41) is 3.10. The first-order valence-electron chi connectivity index (χ1n) is 8.99. The number of aromatic nitrogens is 1. The number of pyridine rings is 1. The van der Waals surface area contributed by atoms with Gasteiger partial charge in [0.05, 0.1) is 11.3 Å². The molecule has 0 atom stereocenters. The first-order valence-corrected chi connectivity index (χ1v) is 8.99. The molecule has 1 aromatic heterocycles. The van der Waals surface area contributed by atoms with E-state index in [-0.39, 0.29) is 0 Å². The summed E-state index contributed by atoms with van der Waals surface area (Å²) < 4.78 is 49.5. The maximum atomic E-state index is 12.7. The number of benzene rings is 1. The molecule has 2 aliphatic rings. The Morgan fingerprint density at radius 3 is 2.59 bits per heavy atom. The molecule has 1 aliphatic carbocycles. The van der Waals surface area contributed by atoms with E-state index in [1.165, 1.54) is 18.4 Å². The van der Waals surface area contributed by atoms with Gasteiger partial charge in [0.1, 0.15) is 6.26 Å². The van der Waals surface area contributed by atoms with Gasteiger partial charge in [-0.15, -0.1) is 0 Å². The molecule has 29 heavy (non-hydrogen) atoms. The number of anilines is 1. The molecule has 0 unspecified atom stereocenters. The van der Waals surface area contributed by atoms with Crippen LogP contribution in [0.2, 0.25) is 0 Å². The van der Waals surface area contributed by atoms with E-state index in [4.69, 9.17) is 9.47 Å². The molecule has 0 saturated heterocycles. The summed E-state index contributed by atoms with van der Waals surface area (Å²) in [4.78, 5) is 4.24. The summed E-state index contributed by atoms with van der Waals surface area (Å²) in [7, 11) is 0. The highest BCUT2D eigenvalue weighted by molar-refractivity contribution is 5.65. The smallest absolute Gasteiger partial charge is 0.416 e. The van der Waals surface area contributed by atoms with Crippen molar-refractivity contribution in [3.05, 3.63) is 96.1 Å². The first kappa shape index (κ1) is 18.9. The highest BCUT2D eigenvalue weighted by atomic mass is 19.4. The number of hydrogen-bond donors (Lipinski definition) is 1. The van der Waals surface area contributed by atoms with Crippen molar-refractivity contribution >= 4 is 5.69 Å². The minimum atomic E-state index is -4.37. The van der Waals surface area contributed by atoms with E-state index in [2.05, 4.69) is 16.4 Å².